The van der Waals surface area contributed by atoms with Gasteiger partial charge in [-0.1, -0.05) is 43.5 Å². The second-order valence-electron chi connectivity index (χ2n) is 6.95. The summed E-state index contributed by atoms with van der Waals surface area (Å²) in [5, 5.41) is 3.76. The van der Waals surface area contributed by atoms with Crippen LogP contribution in [0.1, 0.15) is 62.2 Å². The predicted molar refractivity (Wildman–Crippen MR) is 95.0 cm³/mol. The van der Waals surface area contributed by atoms with E-state index in [0.717, 1.165) is 12.8 Å². The van der Waals surface area contributed by atoms with Crippen LogP contribution in [0.5, 0.6) is 0 Å². The van der Waals surface area contributed by atoms with Crippen LogP contribution < -0.4 is 5.32 Å². The smallest absolute Gasteiger partial charge is 0.253 e. The molecule has 4 heteroatoms. The molecule has 2 aliphatic rings. The van der Waals surface area contributed by atoms with Gasteiger partial charge in [-0.05, 0) is 50.8 Å². The van der Waals surface area contributed by atoms with Crippen molar-refractivity contribution in [1.82, 2.24) is 10.2 Å². The lowest BCUT2D eigenvalue weighted by molar-refractivity contribution is 0.0234. The van der Waals surface area contributed by atoms with Gasteiger partial charge in [0.05, 0.1) is 10.6 Å². The summed E-state index contributed by atoms with van der Waals surface area (Å²) in [5.41, 5.74) is 0.590. The molecule has 23 heavy (non-hydrogen) atoms. The summed E-state index contributed by atoms with van der Waals surface area (Å²) in [6.45, 7) is 3.48. The van der Waals surface area contributed by atoms with E-state index in [-0.39, 0.29) is 11.9 Å². The Kier molecular flexibility index (Phi) is 5.60. The Morgan fingerprint density at radius 2 is 1.96 bits per heavy atom. The summed E-state index contributed by atoms with van der Waals surface area (Å²) in [6.07, 6.45) is 8.58. The van der Waals surface area contributed by atoms with Crippen molar-refractivity contribution in [1.29, 1.82) is 0 Å². The Morgan fingerprint density at radius 1 is 1.26 bits per heavy atom. The van der Waals surface area contributed by atoms with Crippen molar-refractivity contribution in [3.05, 3.63) is 34.9 Å². The quantitative estimate of drug-likeness (QED) is 0.872. The maximum Gasteiger partial charge on any atom is 0.253 e. The van der Waals surface area contributed by atoms with E-state index in [9.17, 15) is 4.79 Å². The third-order valence-corrected chi connectivity index (χ3v) is 5.68. The minimum atomic E-state index is -0.0271. The van der Waals surface area contributed by atoms with Crippen molar-refractivity contribution < 1.29 is 4.79 Å². The fraction of sp³-hybridized carbons (Fsp3) is 0.632. The fourth-order valence-corrected chi connectivity index (χ4v) is 4.43. The minimum Gasteiger partial charge on any atom is -0.349 e. The van der Waals surface area contributed by atoms with E-state index in [2.05, 4.69) is 17.1 Å². The number of piperidine rings is 2. The zero-order valence-electron chi connectivity index (χ0n) is 13.9. The van der Waals surface area contributed by atoms with Crippen LogP contribution in [0.25, 0.3) is 0 Å². The monoisotopic (exact) mass is 334 g/mol. The molecular weight excluding hydrogens is 308 g/mol. The number of benzene rings is 1. The van der Waals surface area contributed by atoms with Gasteiger partial charge in [-0.25, -0.2) is 0 Å². The topological polar surface area (TPSA) is 32.3 Å². The van der Waals surface area contributed by atoms with Gasteiger partial charge in [-0.15, -0.1) is 0 Å². The summed E-state index contributed by atoms with van der Waals surface area (Å²) >= 11 is 6.14. The van der Waals surface area contributed by atoms with Crippen molar-refractivity contribution in [2.75, 3.05) is 6.54 Å². The highest BCUT2D eigenvalue weighted by atomic mass is 35.5. The Labute approximate surface area is 144 Å². The maximum absolute atomic E-state index is 12.5. The van der Waals surface area contributed by atoms with E-state index in [1.165, 1.54) is 38.6 Å². The maximum atomic E-state index is 12.5. The van der Waals surface area contributed by atoms with Gasteiger partial charge >= 0.3 is 0 Å². The standard InChI is InChI=1S/C19H27ClN2O/c1-2-3-11-22-15-7-6-8-16(22)13-14(12-15)21-19(23)17-9-4-5-10-18(17)20/h4-5,9-10,14-16H,2-3,6-8,11-13H2,1H3,(H,21,23)/t15-,16-/m0/s1. The lowest BCUT2D eigenvalue weighted by Gasteiger charge is -2.49. The van der Waals surface area contributed by atoms with E-state index in [0.29, 0.717) is 22.7 Å². The van der Waals surface area contributed by atoms with Crippen molar-refractivity contribution in [3.8, 4) is 0 Å². The highest BCUT2D eigenvalue weighted by molar-refractivity contribution is 6.33. The summed E-state index contributed by atoms with van der Waals surface area (Å²) in [7, 11) is 0. The van der Waals surface area contributed by atoms with Crippen LogP contribution in [-0.2, 0) is 0 Å². The molecule has 0 saturated carbocycles. The van der Waals surface area contributed by atoms with Gasteiger partial charge in [0.25, 0.3) is 5.91 Å². The predicted octanol–water partition coefficient (Wildman–Crippen LogP) is 4.26. The van der Waals surface area contributed by atoms with Crippen molar-refractivity contribution >= 4 is 17.5 Å². The highest BCUT2D eigenvalue weighted by Crippen LogP contribution is 2.34. The molecule has 2 saturated heterocycles. The number of hydrogen-bond acceptors (Lipinski definition) is 2. The van der Waals surface area contributed by atoms with Crippen molar-refractivity contribution in [2.45, 2.75) is 70.0 Å². The number of amides is 1. The SMILES string of the molecule is CCCCN1[C@H]2CCC[C@H]1CC(NC(=O)c1ccccc1Cl)C2. The second-order valence-corrected chi connectivity index (χ2v) is 7.36. The summed E-state index contributed by atoms with van der Waals surface area (Å²) in [4.78, 5) is 15.2. The second kappa shape index (κ2) is 7.67. The van der Waals surface area contributed by atoms with Crippen LogP contribution in [-0.4, -0.2) is 35.5 Å². The molecule has 0 unspecified atom stereocenters. The number of halogens is 1. The zero-order chi connectivity index (χ0) is 16.2. The first-order valence-corrected chi connectivity index (χ1v) is 9.38. The molecule has 2 heterocycles. The normalized spacial score (nSPS) is 27.7. The molecule has 3 nitrogen and oxygen atoms in total. The molecule has 1 amide bonds. The van der Waals surface area contributed by atoms with Gasteiger partial charge in [0.2, 0.25) is 0 Å². The molecule has 0 aliphatic carbocycles. The summed E-state index contributed by atoms with van der Waals surface area (Å²) in [5.74, 6) is -0.0271. The average Bonchev–Trinajstić information content (AvgIpc) is 2.53. The number of carbonyl (C=O) groups excluding carboxylic acids is 1. The Balaban J connectivity index is 1.63. The van der Waals surface area contributed by atoms with E-state index in [1.807, 2.05) is 12.1 Å². The van der Waals surface area contributed by atoms with Gasteiger partial charge in [-0.3, -0.25) is 9.69 Å². The first kappa shape index (κ1) is 16.8. The van der Waals surface area contributed by atoms with E-state index >= 15 is 0 Å². The van der Waals surface area contributed by atoms with Gasteiger partial charge in [0.1, 0.15) is 0 Å². The summed E-state index contributed by atoms with van der Waals surface area (Å²) in [6, 6.07) is 8.87. The molecule has 2 aliphatic heterocycles. The lowest BCUT2D eigenvalue weighted by atomic mass is 9.81. The van der Waals surface area contributed by atoms with Crippen LogP contribution in [0.2, 0.25) is 5.02 Å². The number of rotatable bonds is 5. The van der Waals surface area contributed by atoms with E-state index < -0.39 is 0 Å². The number of nitrogens with zero attached hydrogens (tertiary/aromatic N) is 1. The Morgan fingerprint density at radius 3 is 2.61 bits per heavy atom. The lowest BCUT2D eigenvalue weighted by Crippen LogP contribution is -2.57. The first-order valence-electron chi connectivity index (χ1n) is 9.00. The van der Waals surface area contributed by atoms with Crippen LogP contribution in [0.3, 0.4) is 0 Å². The van der Waals surface area contributed by atoms with Crippen LogP contribution >= 0.6 is 11.6 Å². The molecule has 1 aromatic carbocycles. The zero-order valence-corrected chi connectivity index (χ0v) is 14.7. The molecule has 0 aromatic heterocycles. The molecule has 3 rings (SSSR count). The largest absolute Gasteiger partial charge is 0.349 e. The number of unbranched alkanes of at least 4 members (excludes halogenated alkanes) is 1. The number of carbonyl (C=O) groups is 1. The molecular formula is C19H27ClN2O. The fourth-order valence-electron chi connectivity index (χ4n) is 4.21. The van der Waals surface area contributed by atoms with Gasteiger partial charge in [-0.2, -0.15) is 0 Å². The van der Waals surface area contributed by atoms with Crippen LogP contribution in [0, 0.1) is 0 Å². The van der Waals surface area contributed by atoms with E-state index in [4.69, 9.17) is 11.6 Å². The molecule has 0 radical (unpaired) electrons. The van der Waals surface area contributed by atoms with E-state index in [1.54, 1.807) is 12.1 Å². The molecule has 1 N–H and O–H groups in total. The van der Waals surface area contributed by atoms with Gasteiger partial charge < -0.3 is 5.32 Å². The minimum absolute atomic E-state index is 0.0271. The summed E-state index contributed by atoms with van der Waals surface area (Å²) < 4.78 is 0. The van der Waals surface area contributed by atoms with Crippen LogP contribution in [0.4, 0.5) is 0 Å². The molecule has 126 valence electrons. The molecule has 2 bridgehead atoms. The Hall–Kier alpha value is -1.06. The Bertz CT molecular complexity index is 534. The van der Waals surface area contributed by atoms with Gasteiger partial charge in [0.15, 0.2) is 0 Å². The number of hydrogen-bond donors (Lipinski definition) is 1. The molecule has 1 aromatic rings. The molecule has 2 atom stereocenters. The van der Waals surface area contributed by atoms with Crippen molar-refractivity contribution in [3.63, 3.8) is 0 Å². The third-order valence-electron chi connectivity index (χ3n) is 5.35. The number of nitrogens with one attached hydrogen (secondary N) is 1. The molecule has 2 fully saturated rings. The average molecular weight is 335 g/mol. The molecule has 0 spiro atoms. The first-order chi connectivity index (χ1) is 11.2. The van der Waals surface area contributed by atoms with Gasteiger partial charge in [0, 0.05) is 18.1 Å². The number of fused-ring (bicyclic) bond motifs is 2. The third kappa shape index (κ3) is 3.89. The van der Waals surface area contributed by atoms with Crippen molar-refractivity contribution in [2.24, 2.45) is 0 Å². The van der Waals surface area contributed by atoms with Crippen LogP contribution in [0.15, 0.2) is 24.3 Å². The highest BCUT2D eigenvalue weighted by Gasteiger charge is 2.38.